The van der Waals surface area contributed by atoms with Crippen LogP contribution in [0.5, 0.6) is 5.75 Å². The van der Waals surface area contributed by atoms with Crippen molar-refractivity contribution in [1.29, 1.82) is 5.26 Å². The van der Waals surface area contributed by atoms with E-state index in [1.54, 1.807) is 36.4 Å². The zero-order valence-corrected chi connectivity index (χ0v) is 18.8. The molecule has 0 aliphatic carbocycles. The molecule has 156 valence electrons. The average molecular weight is 500 g/mol. The van der Waals surface area contributed by atoms with Gasteiger partial charge in [-0.2, -0.15) is 5.26 Å². The van der Waals surface area contributed by atoms with Crippen molar-refractivity contribution in [3.63, 3.8) is 0 Å². The van der Waals surface area contributed by atoms with E-state index in [2.05, 4.69) is 21.2 Å². The Morgan fingerprint density at radius 1 is 1.23 bits per heavy atom. The third-order valence-electron chi connectivity index (χ3n) is 4.30. The first-order valence-corrected chi connectivity index (χ1v) is 10.4. The molecular weight excluding hydrogens is 483 g/mol. The lowest BCUT2D eigenvalue weighted by Crippen LogP contribution is -2.13. The molecule has 0 fully saturated rings. The molecule has 0 heterocycles. The summed E-state index contributed by atoms with van der Waals surface area (Å²) in [6.07, 6.45) is 1.43. The van der Waals surface area contributed by atoms with Crippen molar-refractivity contribution < 1.29 is 13.9 Å². The summed E-state index contributed by atoms with van der Waals surface area (Å²) < 4.78 is 20.0. The first-order valence-electron chi connectivity index (χ1n) is 9.22. The third kappa shape index (κ3) is 5.94. The van der Waals surface area contributed by atoms with Crippen molar-refractivity contribution in [3.8, 4) is 11.8 Å². The monoisotopic (exact) mass is 498 g/mol. The topological polar surface area (TPSA) is 62.1 Å². The van der Waals surface area contributed by atoms with Crippen LogP contribution in [0.15, 0.2) is 70.7 Å². The molecule has 0 aliphatic rings. The minimum atomic E-state index is -0.528. The van der Waals surface area contributed by atoms with Gasteiger partial charge < -0.3 is 10.1 Å². The molecule has 1 amide bonds. The number of hydrogen-bond acceptors (Lipinski definition) is 3. The molecule has 0 bridgehead atoms. The van der Waals surface area contributed by atoms with Crippen molar-refractivity contribution in [2.24, 2.45) is 0 Å². The predicted octanol–water partition coefficient (Wildman–Crippen LogP) is 6.67. The Labute approximate surface area is 193 Å². The van der Waals surface area contributed by atoms with Gasteiger partial charge in [0.2, 0.25) is 0 Å². The predicted molar refractivity (Wildman–Crippen MR) is 123 cm³/mol. The van der Waals surface area contributed by atoms with Gasteiger partial charge in [-0.3, -0.25) is 4.79 Å². The highest BCUT2D eigenvalue weighted by atomic mass is 79.9. The molecule has 7 heteroatoms. The van der Waals surface area contributed by atoms with Crippen molar-refractivity contribution in [3.05, 3.63) is 98.2 Å². The summed E-state index contributed by atoms with van der Waals surface area (Å²) in [5.41, 5.74) is 2.44. The largest absolute Gasteiger partial charge is 0.486 e. The van der Waals surface area contributed by atoms with Crippen molar-refractivity contribution >= 4 is 45.2 Å². The molecule has 1 N–H and O–H groups in total. The van der Waals surface area contributed by atoms with Crippen LogP contribution in [0.3, 0.4) is 0 Å². The summed E-state index contributed by atoms with van der Waals surface area (Å²) in [6.45, 7) is 1.91. The summed E-state index contributed by atoms with van der Waals surface area (Å²) in [6, 6.07) is 18.7. The molecular formula is C24H17BrClFN2O2. The van der Waals surface area contributed by atoms with Crippen LogP contribution >= 0.6 is 27.5 Å². The SMILES string of the molecule is Cc1cccc(NC(=O)/C(C#N)=C\c2cc(Cl)c(OCc3ccccc3F)c(Br)c2)c1. The maximum Gasteiger partial charge on any atom is 0.266 e. The fourth-order valence-electron chi connectivity index (χ4n) is 2.80. The van der Waals surface area contributed by atoms with Gasteiger partial charge in [0, 0.05) is 11.3 Å². The van der Waals surface area contributed by atoms with Crippen LogP contribution in [0.2, 0.25) is 5.02 Å². The van der Waals surface area contributed by atoms with Crippen LogP contribution in [0.25, 0.3) is 6.08 Å². The lowest BCUT2D eigenvalue weighted by Gasteiger charge is -2.12. The van der Waals surface area contributed by atoms with Gasteiger partial charge in [0.05, 0.1) is 9.50 Å². The first kappa shape index (κ1) is 22.5. The molecule has 0 unspecified atom stereocenters. The number of hydrogen-bond donors (Lipinski definition) is 1. The molecule has 0 radical (unpaired) electrons. The molecule has 3 aromatic rings. The Morgan fingerprint density at radius 3 is 2.68 bits per heavy atom. The van der Waals surface area contributed by atoms with E-state index in [1.165, 1.54) is 12.1 Å². The molecule has 0 saturated heterocycles. The number of carbonyl (C=O) groups is 1. The van der Waals surface area contributed by atoms with Crippen LogP contribution in [0.1, 0.15) is 16.7 Å². The van der Waals surface area contributed by atoms with E-state index in [-0.39, 0.29) is 23.0 Å². The third-order valence-corrected chi connectivity index (χ3v) is 5.17. The van der Waals surface area contributed by atoms with Gasteiger partial charge in [-0.25, -0.2) is 4.39 Å². The van der Waals surface area contributed by atoms with E-state index >= 15 is 0 Å². The van der Waals surface area contributed by atoms with Crippen molar-refractivity contribution in [2.45, 2.75) is 13.5 Å². The van der Waals surface area contributed by atoms with E-state index < -0.39 is 5.91 Å². The Kier molecular flexibility index (Phi) is 7.45. The summed E-state index contributed by atoms with van der Waals surface area (Å²) in [7, 11) is 0. The van der Waals surface area contributed by atoms with E-state index in [4.69, 9.17) is 16.3 Å². The number of benzene rings is 3. The van der Waals surface area contributed by atoms with Crippen molar-refractivity contribution in [1.82, 2.24) is 0 Å². The Morgan fingerprint density at radius 2 is 2.00 bits per heavy atom. The second kappa shape index (κ2) is 10.3. The van der Waals surface area contributed by atoms with E-state index in [0.29, 0.717) is 27.0 Å². The number of halogens is 3. The quantitative estimate of drug-likeness (QED) is 0.304. The number of nitrogens with one attached hydrogen (secondary N) is 1. The molecule has 0 spiro atoms. The fraction of sp³-hybridized carbons (Fsp3) is 0.0833. The van der Waals surface area contributed by atoms with Gasteiger partial charge in [-0.1, -0.05) is 41.9 Å². The van der Waals surface area contributed by atoms with Crippen LogP contribution in [0, 0.1) is 24.1 Å². The molecule has 0 aliphatic heterocycles. The van der Waals surface area contributed by atoms with Crippen LogP contribution in [-0.4, -0.2) is 5.91 Å². The lowest BCUT2D eigenvalue weighted by atomic mass is 10.1. The Bertz CT molecular complexity index is 1180. The van der Waals surface area contributed by atoms with Crippen LogP contribution in [0.4, 0.5) is 10.1 Å². The van der Waals surface area contributed by atoms with Crippen LogP contribution in [-0.2, 0) is 11.4 Å². The number of anilines is 1. The minimum Gasteiger partial charge on any atom is -0.486 e. The number of rotatable bonds is 6. The molecule has 0 aromatic heterocycles. The van der Waals surface area contributed by atoms with Gasteiger partial charge in [-0.15, -0.1) is 0 Å². The van der Waals surface area contributed by atoms with E-state index in [9.17, 15) is 14.4 Å². The maximum atomic E-state index is 13.8. The van der Waals surface area contributed by atoms with E-state index in [1.807, 2.05) is 31.2 Å². The number of nitrogens with zero attached hydrogens (tertiary/aromatic N) is 1. The number of ether oxygens (including phenoxy) is 1. The van der Waals surface area contributed by atoms with Gasteiger partial charge >= 0.3 is 0 Å². The molecule has 31 heavy (non-hydrogen) atoms. The number of nitriles is 1. The molecule has 3 rings (SSSR count). The number of amides is 1. The van der Waals surface area contributed by atoms with E-state index in [0.717, 1.165) is 5.56 Å². The van der Waals surface area contributed by atoms with Crippen molar-refractivity contribution in [2.75, 3.05) is 5.32 Å². The zero-order valence-electron chi connectivity index (χ0n) is 16.5. The highest BCUT2D eigenvalue weighted by Gasteiger charge is 2.13. The number of carbonyl (C=O) groups excluding carboxylic acids is 1. The minimum absolute atomic E-state index is 0.00250. The number of aryl methyl sites for hydroxylation is 1. The zero-order chi connectivity index (χ0) is 22.4. The maximum absolute atomic E-state index is 13.8. The highest BCUT2D eigenvalue weighted by molar-refractivity contribution is 9.10. The molecule has 3 aromatic carbocycles. The summed E-state index contributed by atoms with van der Waals surface area (Å²) in [5, 5.41) is 12.4. The summed E-state index contributed by atoms with van der Waals surface area (Å²) in [4.78, 5) is 12.5. The normalized spacial score (nSPS) is 11.0. The highest BCUT2D eigenvalue weighted by Crippen LogP contribution is 2.36. The fourth-order valence-corrected chi connectivity index (χ4v) is 3.79. The molecule has 0 atom stereocenters. The van der Waals surface area contributed by atoms with Gasteiger partial charge in [0.25, 0.3) is 5.91 Å². The first-order chi connectivity index (χ1) is 14.9. The molecule has 0 saturated carbocycles. The average Bonchev–Trinajstić information content (AvgIpc) is 2.72. The second-order valence-corrected chi connectivity index (χ2v) is 7.95. The molecule has 4 nitrogen and oxygen atoms in total. The lowest BCUT2D eigenvalue weighted by molar-refractivity contribution is -0.112. The van der Waals surface area contributed by atoms with Gasteiger partial charge in [0.15, 0.2) is 5.75 Å². The van der Waals surface area contributed by atoms with Gasteiger partial charge in [0.1, 0.15) is 24.1 Å². The summed E-state index contributed by atoms with van der Waals surface area (Å²) >= 11 is 9.72. The Balaban J connectivity index is 1.78. The smallest absolute Gasteiger partial charge is 0.266 e. The van der Waals surface area contributed by atoms with Gasteiger partial charge in [-0.05, 0) is 70.4 Å². The summed E-state index contributed by atoms with van der Waals surface area (Å²) in [5.74, 6) is -0.558. The van der Waals surface area contributed by atoms with Crippen LogP contribution < -0.4 is 10.1 Å². The second-order valence-electron chi connectivity index (χ2n) is 6.69. The standard InChI is InChI=1S/C24H17BrClFN2O2/c1-15-5-4-7-19(9-15)29-24(30)18(13-28)10-16-11-20(25)23(21(26)12-16)31-14-17-6-2-3-8-22(17)27/h2-12H,14H2,1H3,(H,29,30)/b18-10-. The Hall–Kier alpha value is -3.14.